The number of hydrogen-bond donors (Lipinski definition) is 0. The van der Waals surface area contributed by atoms with Gasteiger partial charge in [0.1, 0.15) is 6.54 Å². The van der Waals surface area contributed by atoms with Gasteiger partial charge in [0.15, 0.2) is 0 Å². The quantitative estimate of drug-likeness (QED) is 0.429. The van der Waals surface area contributed by atoms with E-state index in [0.717, 1.165) is 23.1 Å². The summed E-state index contributed by atoms with van der Waals surface area (Å²) in [5.74, 6) is -0.132. The van der Waals surface area contributed by atoms with Crippen molar-refractivity contribution in [2.24, 2.45) is 0 Å². The zero-order valence-corrected chi connectivity index (χ0v) is 20.9. The molecule has 0 saturated carbocycles. The Morgan fingerprint density at radius 2 is 1.76 bits per heavy atom. The van der Waals surface area contributed by atoms with Gasteiger partial charge in [0.25, 0.3) is 5.91 Å². The minimum atomic E-state index is -0.127. The summed E-state index contributed by atoms with van der Waals surface area (Å²) >= 11 is 1.76. The van der Waals surface area contributed by atoms with Crippen LogP contribution in [0.3, 0.4) is 0 Å². The molecule has 1 aromatic heterocycles. The average Bonchev–Trinajstić information content (AvgIpc) is 3.32. The van der Waals surface area contributed by atoms with E-state index < -0.39 is 0 Å². The summed E-state index contributed by atoms with van der Waals surface area (Å²) in [6, 6.07) is 17.8. The van der Waals surface area contributed by atoms with Crippen molar-refractivity contribution in [3.8, 4) is 0 Å². The molecule has 1 aliphatic rings. The topological polar surface area (TPSA) is 49.9 Å². The third kappa shape index (κ3) is 5.08. The van der Waals surface area contributed by atoms with Crippen LogP contribution in [-0.4, -0.2) is 55.0 Å². The molecule has 0 aliphatic carbocycles. The maximum absolute atomic E-state index is 13.8. The highest BCUT2D eigenvalue weighted by molar-refractivity contribution is 7.10. The summed E-state index contributed by atoms with van der Waals surface area (Å²) < 4.78 is 5.21. The van der Waals surface area contributed by atoms with E-state index in [1.165, 1.54) is 10.4 Å². The van der Waals surface area contributed by atoms with Crippen LogP contribution in [0.25, 0.3) is 0 Å². The second-order valence-corrected chi connectivity index (χ2v) is 9.78. The minimum Gasteiger partial charge on any atom is -0.385 e. The summed E-state index contributed by atoms with van der Waals surface area (Å²) in [6.45, 7) is 5.74. The molecule has 4 rings (SSSR count). The number of methoxy groups -OCH3 is 1. The lowest BCUT2D eigenvalue weighted by Gasteiger charge is -2.38. The molecule has 0 N–H and O–H groups in total. The van der Waals surface area contributed by atoms with Crippen LogP contribution in [0.1, 0.15) is 50.0 Å². The molecule has 178 valence electrons. The number of carbonyl (C=O) groups excluding carboxylic acids is 2. The zero-order chi connectivity index (χ0) is 24.1. The van der Waals surface area contributed by atoms with Gasteiger partial charge in [0, 0.05) is 37.2 Å². The Labute approximate surface area is 206 Å². The predicted octanol–water partition coefficient (Wildman–Crippen LogP) is 5.02. The number of nitrogens with zero attached hydrogens (tertiary/aromatic N) is 2. The van der Waals surface area contributed by atoms with Crippen LogP contribution < -0.4 is 0 Å². The zero-order valence-electron chi connectivity index (χ0n) is 20.1. The molecule has 5 nitrogen and oxygen atoms in total. The Kier molecular flexibility index (Phi) is 7.80. The molecule has 2 heterocycles. The van der Waals surface area contributed by atoms with Gasteiger partial charge in [-0.25, -0.2) is 0 Å². The van der Waals surface area contributed by atoms with Crippen LogP contribution >= 0.6 is 11.3 Å². The van der Waals surface area contributed by atoms with Gasteiger partial charge < -0.3 is 14.5 Å². The first kappa shape index (κ1) is 24.2. The smallest absolute Gasteiger partial charge is 0.254 e. The third-order valence-corrected chi connectivity index (χ3v) is 7.53. The Morgan fingerprint density at radius 3 is 2.50 bits per heavy atom. The van der Waals surface area contributed by atoms with Crippen LogP contribution in [0.4, 0.5) is 0 Å². The highest BCUT2D eigenvalue weighted by Crippen LogP contribution is 2.39. The molecule has 1 unspecified atom stereocenters. The SMILES string of the molecule is COCCCN(CC(=O)N1CCc2sccc2C1c1ccccc1C)C(=O)c1ccccc1C. The van der Waals surface area contributed by atoms with E-state index in [1.54, 1.807) is 23.3 Å². The standard InChI is InChI=1S/C28H32N2O3S/c1-20-9-4-6-11-22(20)27-24-14-18-34-25(24)13-16-30(27)26(31)19-29(15-8-17-33-3)28(32)23-12-7-5-10-21(23)2/h4-7,9-12,14,18,27H,8,13,15-17,19H2,1-3H3. The van der Waals surface area contributed by atoms with Crippen molar-refractivity contribution in [2.75, 3.05) is 33.4 Å². The Balaban J connectivity index is 1.62. The van der Waals surface area contributed by atoms with E-state index in [4.69, 9.17) is 4.74 Å². The Morgan fingerprint density at radius 1 is 1.03 bits per heavy atom. The van der Waals surface area contributed by atoms with Gasteiger partial charge in [-0.15, -0.1) is 11.3 Å². The number of ether oxygens (including phenoxy) is 1. The van der Waals surface area contributed by atoms with Gasteiger partial charge in [-0.1, -0.05) is 42.5 Å². The minimum absolute atomic E-state index is 0.0237. The fourth-order valence-corrected chi connectivity index (χ4v) is 5.61. The van der Waals surface area contributed by atoms with E-state index in [-0.39, 0.29) is 24.4 Å². The van der Waals surface area contributed by atoms with Crippen LogP contribution in [0.2, 0.25) is 0 Å². The molecule has 2 aromatic carbocycles. The lowest BCUT2D eigenvalue weighted by atomic mass is 9.90. The number of benzene rings is 2. The average molecular weight is 477 g/mol. The highest BCUT2D eigenvalue weighted by atomic mass is 32.1. The fourth-order valence-electron chi connectivity index (χ4n) is 4.70. The van der Waals surface area contributed by atoms with Crippen molar-refractivity contribution < 1.29 is 14.3 Å². The van der Waals surface area contributed by atoms with Gasteiger partial charge in [0.2, 0.25) is 5.91 Å². The van der Waals surface area contributed by atoms with Gasteiger partial charge in [-0.2, -0.15) is 0 Å². The molecular formula is C28H32N2O3S. The van der Waals surface area contributed by atoms with Crippen LogP contribution in [-0.2, 0) is 16.0 Å². The summed E-state index contributed by atoms with van der Waals surface area (Å²) in [5, 5.41) is 2.11. The van der Waals surface area contributed by atoms with Crippen molar-refractivity contribution in [1.29, 1.82) is 0 Å². The molecule has 0 saturated heterocycles. The lowest BCUT2D eigenvalue weighted by molar-refractivity contribution is -0.134. The highest BCUT2D eigenvalue weighted by Gasteiger charge is 2.34. The molecule has 1 aliphatic heterocycles. The monoisotopic (exact) mass is 476 g/mol. The molecule has 0 radical (unpaired) electrons. The van der Waals surface area contributed by atoms with Crippen molar-refractivity contribution in [3.05, 3.63) is 92.7 Å². The fraction of sp³-hybridized carbons (Fsp3) is 0.357. The molecule has 3 aromatic rings. The van der Waals surface area contributed by atoms with E-state index in [1.807, 2.05) is 48.2 Å². The van der Waals surface area contributed by atoms with E-state index in [2.05, 4.69) is 30.5 Å². The number of aryl methyl sites for hydroxylation is 2. The second-order valence-electron chi connectivity index (χ2n) is 8.78. The number of amides is 2. The molecule has 0 bridgehead atoms. The number of fused-ring (bicyclic) bond motifs is 1. The van der Waals surface area contributed by atoms with E-state index in [0.29, 0.717) is 31.7 Å². The number of carbonyl (C=O) groups is 2. The molecule has 1 atom stereocenters. The van der Waals surface area contributed by atoms with Crippen LogP contribution in [0.5, 0.6) is 0 Å². The first-order chi connectivity index (χ1) is 16.5. The van der Waals surface area contributed by atoms with Crippen molar-refractivity contribution in [1.82, 2.24) is 9.80 Å². The van der Waals surface area contributed by atoms with Crippen molar-refractivity contribution >= 4 is 23.2 Å². The van der Waals surface area contributed by atoms with E-state index >= 15 is 0 Å². The lowest BCUT2D eigenvalue weighted by Crippen LogP contribution is -2.47. The maximum atomic E-state index is 13.8. The molecule has 0 spiro atoms. The van der Waals surface area contributed by atoms with Crippen molar-refractivity contribution in [3.63, 3.8) is 0 Å². The number of rotatable bonds is 8. The summed E-state index contributed by atoms with van der Waals surface area (Å²) in [4.78, 5) is 32.2. The molecule has 34 heavy (non-hydrogen) atoms. The first-order valence-electron chi connectivity index (χ1n) is 11.8. The molecule has 2 amide bonds. The van der Waals surface area contributed by atoms with Gasteiger partial charge in [0.05, 0.1) is 6.04 Å². The summed E-state index contributed by atoms with van der Waals surface area (Å²) in [5.41, 5.74) is 5.07. The second kappa shape index (κ2) is 11.0. The van der Waals surface area contributed by atoms with Gasteiger partial charge in [-0.3, -0.25) is 9.59 Å². The molecular weight excluding hydrogens is 444 g/mol. The molecule has 6 heteroatoms. The van der Waals surface area contributed by atoms with Crippen LogP contribution in [0, 0.1) is 13.8 Å². The third-order valence-electron chi connectivity index (χ3n) is 6.53. The van der Waals surface area contributed by atoms with E-state index in [9.17, 15) is 9.59 Å². The van der Waals surface area contributed by atoms with Gasteiger partial charge in [-0.05, 0) is 66.5 Å². The van der Waals surface area contributed by atoms with Crippen LogP contribution in [0.15, 0.2) is 60.0 Å². The maximum Gasteiger partial charge on any atom is 0.254 e. The van der Waals surface area contributed by atoms with Crippen molar-refractivity contribution in [2.45, 2.75) is 32.7 Å². The first-order valence-corrected chi connectivity index (χ1v) is 12.6. The van der Waals surface area contributed by atoms with Gasteiger partial charge >= 0.3 is 0 Å². The summed E-state index contributed by atoms with van der Waals surface area (Å²) in [7, 11) is 1.65. The summed E-state index contributed by atoms with van der Waals surface area (Å²) in [6.07, 6.45) is 1.52. The number of hydrogen-bond acceptors (Lipinski definition) is 4. The predicted molar refractivity (Wildman–Crippen MR) is 136 cm³/mol. The largest absolute Gasteiger partial charge is 0.385 e. The normalized spacial score (nSPS) is 15.1. The Bertz CT molecular complexity index is 1160. The number of thiophene rings is 1. The molecule has 0 fully saturated rings. The Hall–Kier alpha value is -2.96.